The van der Waals surface area contributed by atoms with E-state index in [4.69, 9.17) is 37.9 Å². The molecule has 1 unspecified atom stereocenters. The predicted molar refractivity (Wildman–Crippen MR) is 198 cm³/mol. The molecule has 53 heavy (non-hydrogen) atoms. The van der Waals surface area contributed by atoms with E-state index in [1.807, 2.05) is 66.8 Å². The molecule has 1 aliphatic heterocycles. The second kappa shape index (κ2) is 31.9. The summed E-state index contributed by atoms with van der Waals surface area (Å²) in [7, 11) is 0. The van der Waals surface area contributed by atoms with Gasteiger partial charge in [0.2, 0.25) is 17.7 Å². The molecular weight excluding hydrogens is 688 g/mol. The zero-order valence-electron chi connectivity index (χ0n) is 31.1. The summed E-state index contributed by atoms with van der Waals surface area (Å²) >= 11 is 0. The summed E-state index contributed by atoms with van der Waals surface area (Å²) in [5, 5.41) is 2.75. The van der Waals surface area contributed by atoms with Gasteiger partial charge in [-0.05, 0) is 12.5 Å². The largest absolute Gasteiger partial charge is 0.379 e. The zero-order valence-corrected chi connectivity index (χ0v) is 31.1. The number of likely N-dealkylation sites (tertiary alicyclic amines) is 1. The molecule has 1 aliphatic carbocycles. The van der Waals surface area contributed by atoms with Gasteiger partial charge in [-0.2, -0.15) is 0 Å². The maximum absolute atomic E-state index is 13.1. The molecule has 2 rings (SSSR count). The highest BCUT2D eigenvalue weighted by Gasteiger charge is 2.39. The minimum Gasteiger partial charge on any atom is -0.379 e. The van der Waals surface area contributed by atoms with E-state index in [1.165, 1.54) is 4.90 Å². The fraction of sp³-hybridized carbons (Fsp3) is 0.590. The van der Waals surface area contributed by atoms with E-state index in [-0.39, 0.29) is 42.9 Å². The van der Waals surface area contributed by atoms with Gasteiger partial charge in [0.05, 0.1) is 112 Å². The van der Waals surface area contributed by atoms with Crippen molar-refractivity contribution in [2.45, 2.75) is 26.2 Å². The van der Waals surface area contributed by atoms with Gasteiger partial charge in [-0.1, -0.05) is 66.8 Å². The number of carbonyl (C=O) groups excluding carboxylic acids is 4. The number of hydrogen-bond acceptors (Lipinski definition) is 12. The van der Waals surface area contributed by atoms with Gasteiger partial charge in [0.15, 0.2) is 0 Å². The molecular formula is C39H58N2O12. The molecule has 1 atom stereocenters. The number of Topliss-reactive ketones (excluding diaryl/α,β-unsaturated/α-hetero) is 1. The number of carbonyl (C=O) groups is 4. The molecule has 0 bridgehead atoms. The van der Waals surface area contributed by atoms with E-state index < -0.39 is 5.92 Å². The van der Waals surface area contributed by atoms with Gasteiger partial charge < -0.3 is 43.2 Å². The molecule has 1 N–H and O–H groups in total. The number of hydrogen-bond donors (Lipinski definition) is 1. The number of allylic oxidation sites excluding steroid dienone is 11. The first-order valence-electron chi connectivity index (χ1n) is 18.3. The quantitative estimate of drug-likeness (QED) is 0.0819. The molecule has 14 heteroatoms. The Hall–Kier alpha value is -3.60. The minimum absolute atomic E-state index is 0.0253. The Morgan fingerprint density at radius 3 is 1.47 bits per heavy atom. The Balaban J connectivity index is 1.34. The van der Waals surface area contributed by atoms with E-state index in [1.54, 1.807) is 6.92 Å². The molecule has 0 saturated carbocycles. The van der Waals surface area contributed by atoms with Crippen LogP contribution in [-0.4, -0.2) is 147 Å². The van der Waals surface area contributed by atoms with E-state index in [9.17, 15) is 19.2 Å². The van der Waals surface area contributed by atoms with E-state index in [0.29, 0.717) is 119 Å². The van der Waals surface area contributed by atoms with E-state index in [2.05, 4.69) is 5.32 Å². The van der Waals surface area contributed by atoms with Crippen LogP contribution in [0.2, 0.25) is 0 Å². The number of amides is 3. The third-order valence-corrected chi connectivity index (χ3v) is 7.45. The van der Waals surface area contributed by atoms with E-state index in [0.717, 1.165) is 5.57 Å². The third-order valence-electron chi connectivity index (χ3n) is 7.45. The first kappa shape index (κ1) is 45.6. The monoisotopic (exact) mass is 746 g/mol. The van der Waals surface area contributed by atoms with Gasteiger partial charge >= 0.3 is 0 Å². The smallest absolute Gasteiger partial charge is 0.237 e. The number of imide groups is 1. The number of nitrogens with one attached hydrogen (secondary N) is 1. The average molecular weight is 747 g/mol. The van der Waals surface area contributed by atoms with Crippen molar-refractivity contribution in [3.8, 4) is 0 Å². The Morgan fingerprint density at radius 1 is 0.585 bits per heavy atom. The minimum atomic E-state index is -0.575. The van der Waals surface area contributed by atoms with Crippen molar-refractivity contribution in [3.63, 3.8) is 0 Å². The summed E-state index contributed by atoms with van der Waals surface area (Å²) in [6.45, 7) is 8.93. The van der Waals surface area contributed by atoms with E-state index >= 15 is 0 Å². The third kappa shape index (κ3) is 24.4. The molecule has 0 spiro atoms. The molecule has 2 aliphatic rings. The molecule has 0 aromatic heterocycles. The lowest BCUT2D eigenvalue weighted by Crippen LogP contribution is -2.36. The van der Waals surface area contributed by atoms with Crippen molar-refractivity contribution in [3.05, 3.63) is 72.4 Å². The lowest BCUT2D eigenvalue weighted by Gasteiger charge is -2.15. The van der Waals surface area contributed by atoms with Crippen LogP contribution in [-0.2, 0) is 57.1 Å². The lowest BCUT2D eigenvalue weighted by molar-refractivity contribution is -0.139. The van der Waals surface area contributed by atoms with Crippen molar-refractivity contribution in [1.29, 1.82) is 0 Å². The summed E-state index contributed by atoms with van der Waals surface area (Å²) in [4.78, 5) is 50.0. The van der Waals surface area contributed by atoms with Gasteiger partial charge in [-0.3, -0.25) is 24.1 Å². The Morgan fingerprint density at radius 2 is 1.00 bits per heavy atom. The van der Waals surface area contributed by atoms with Crippen molar-refractivity contribution in [2.24, 2.45) is 5.92 Å². The number of nitrogens with zero attached hydrogens (tertiary/aromatic N) is 1. The van der Waals surface area contributed by atoms with Crippen molar-refractivity contribution < 1.29 is 57.1 Å². The number of ketones is 1. The lowest BCUT2D eigenvalue weighted by atomic mass is 9.96. The maximum Gasteiger partial charge on any atom is 0.237 e. The van der Waals surface area contributed by atoms with Gasteiger partial charge in [-0.15, -0.1) is 0 Å². The van der Waals surface area contributed by atoms with Crippen LogP contribution in [0.25, 0.3) is 0 Å². The van der Waals surface area contributed by atoms with Crippen LogP contribution in [0.15, 0.2) is 72.4 Å². The number of rotatable bonds is 31. The fourth-order valence-corrected chi connectivity index (χ4v) is 4.67. The molecule has 296 valence electrons. The fourth-order valence-electron chi connectivity index (χ4n) is 4.67. The van der Waals surface area contributed by atoms with Crippen molar-refractivity contribution in [2.75, 3.05) is 119 Å². The molecule has 0 radical (unpaired) electrons. The van der Waals surface area contributed by atoms with Gasteiger partial charge in [-0.25, -0.2) is 0 Å². The van der Waals surface area contributed by atoms with Crippen LogP contribution in [0.3, 0.4) is 0 Å². The summed E-state index contributed by atoms with van der Waals surface area (Å²) in [6.07, 6.45) is 21.1. The van der Waals surface area contributed by atoms with Crippen LogP contribution in [0, 0.1) is 5.92 Å². The zero-order chi connectivity index (χ0) is 38.0. The predicted octanol–water partition coefficient (Wildman–Crippen LogP) is 2.70. The van der Waals surface area contributed by atoms with Crippen LogP contribution in [0.4, 0.5) is 0 Å². The molecule has 0 aromatic carbocycles. The highest BCUT2D eigenvalue weighted by atomic mass is 16.6. The Labute approximate surface area is 313 Å². The molecule has 1 heterocycles. The van der Waals surface area contributed by atoms with Crippen LogP contribution < -0.4 is 5.32 Å². The first-order valence-corrected chi connectivity index (χ1v) is 18.3. The highest BCUT2D eigenvalue weighted by molar-refractivity contribution is 6.05. The van der Waals surface area contributed by atoms with Crippen LogP contribution >= 0.6 is 0 Å². The van der Waals surface area contributed by atoms with Crippen LogP contribution in [0.1, 0.15) is 26.2 Å². The molecule has 0 aromatic rings. The second-order valence-corrected chi connectivity index (χ2v) is 11.7. The summed E-state index contributed by atoms with van der Waals surface area (Å²) in [5.74, 6) is -1.29. The van der Waals surface area contributed by atoms with Crippen molar-refractivity contribution in [1.82, 2.24) is 10.2 Å². The molecule has 1 fully saturated rings. The SMILES string of the molecule is CC(=O)CCOCCOCCOCCOCCOCCOCCOCCOCCNC(=O)CCN1C(=O)CC(C2=C/C=C\C=C/C=C\C=C/C=C\2)C1=O. The normalized spacial score (nSPS) is 19.9. The Bertz CT molecular complexity index is 1230. The van der Waals surface area contributed by atoms with Crippen LogP contribution in [0.5, 0.6) is 0 Å². The summed E-state index contributed by atoms with van der Waals surface area (Å²) < 4.78 is 43.4. The Kier molecular flexibility index (Phi) is 27.4. The van der Waals surface area contributed by atoms with Gasteiger partial charge in [0.1, 0.15) is 5.78 Å². The first-order chi connectivity index (χ1) is 26.0. The average Bonchev–Trinajstić information content (AvgIpc) is 3.42. The van der Waals surface area contributed by atoms with Gasteiger partial charge in [0.25, 0.3) is 0 Å². The summed E-state index contributed by atoms with van der Waals surface area (Å²) in [5.41, 5.74) is 0.742. The summed E-state index contributed by atoms with van der Waals surface area (Å²) in [6, 6.07) is 0. The molecule has 14 nitrogen and oxygen atoms in total. The second-order valence-electron chi connectivity index (χ2n) is 11.7. The maximum atomic E-state index is 13.1. The van der Waals surface area contributed by atoms with Crippen molar-refractivity contribution >= 4 is 23.5 Å². The topological polar surface area (TPSA) is 157 Å². The number of ether oxygens (including phenoxy) is 8. The van der Waals surface area contributed by atoms with Gasteiger partial charge in [0, 0.05) is 32.4 Å². The molecule has 1 saturated heterocycles. The molecule has 3 amide bonds. The highest BCUT2D eigenvalue weighted by Crippen LogP contribution is 2.28. The standard InChI is InChI=1S/C39H58N2O12/c1-34(42)14-17-46-19-21-48-23-25-50-27-29-52-31-32-53-30-28-51-26-24-49-22-20-47-18-15-40-37(43)13-16-41-38(44)33-36(39(41)45)35-11-9-7-5-3-2-4-6-8-10-12-35/h2-12,36H,13-33H2,1H3,(H,40,43)/b3-2-,4-2?,5-3?,6-4-,7-5-,8-6?,9-7?,10-8-,11-9-,12-10?,35-11?,35-12+.